The van der Waals surface area contributed by atoms with E-state index in [1.165, 1.54) is 23.8 Å². The maximum atomic E-state index is 12.4. The van der Waals surface area contributed by atoms with E-state index in [1.54, 1.807) is 6.08 Å². The Hall–Kier alpha value is -3.45. The highest BCUT2D eigenvalue weighted by molar-refractivity contribution is 7.13. The number of ether oxygens (including phenoxy) is 1. The number of thiazole rings is 1. The molecule has 2 N–H and O–H groups in total. The lowest BCUT2D eigenvalue weighted by Gasteiger charge is -2.08. The average Bonchev–Trinajstić information content (AvgIpc) is 3.15. The van der Waals surface area contributed by atoms with Crippen LogP contribution in [0.5, 0.6) is 0 Å². The van der Waals surface area contributed by atoms with Crippen LogP contribution < -0.4 is 10.6 Å². The lowest BCUT2D eigenvalue weighted by molar-refractivity contribution is -0.141. The first-order chi connectivity index (χ1) is 14.0. The largest absolute Gasteiger partial charge is 0.454 e. The molecule has 0 aliphatic carbocycles. The Balaban J connectivity index is 1.62. The number of aromatic nitrogens is 1. The Morgan fingerprint density at radius 3 is 2.52 bits per heavy atom. The molecule has 3 aromatic rings. The Bertz CT molecular complexity index is 1010. The molecule has 1 aromatic heterocycles. The van der Waals surface area contributed by atoms with Crippen molar-refractivity contribution in [3.63, 3.8) is 0 Å². The van der Waals surface area contributed by atoms with Crippen LogP contribution in [0.1, 0.15) is 23.7 Å². The summed E-state index contributed by atoms with van der Waals surface area (Å²) in [6, 6.07) is 17.2. The predicted octanol–water partition coefficient (Wildman–Crippen LogP) is 4.42. The highest BCUT2D eigenvalue weighted by atomic mass is 32.1. The van der Waals surface area contributed by atoms with Crippen molar-refractivity contribution in [2.24, 2.45) is 0 Å². The van der Waals surface area contributed by atoms with Gasteiger partial charge in [0.05, 0.1) is 5.69 Å². The molecule has 0 fully saturated rings. The number of carbonyl (C=O) groups is 2. The topological polar surface area (TPSA) is 80.3 Å². The van der Waals surface area contributed by atoms with E-state index in [0.29, 0.717) is 10.8 Å². The van der Waals surface area contributed by atoms with Gasteiger partial charge in [-0.25, -0.2) is 9.78 Å². The molecule has 0 spiro atoms. The third-order valence-electron chi connectivity index (χ3n) is 3.85. The van der Waals surface area contributed by atoms with Gasteiger partial charge in [0.1, 0.15) is 12.3 Å². The van der Waals surface area contributed by atoms with Gasteiger partial charge in [0.15, 0.2) is 5.13 Å². The van der Waals surface area contributed by atoms with Crippen LogP contribution in [0.25, 0.3) is 6.08 Å². The van der Waals surface area contributed by atoms with Crippen LogP contribution in [0.4, 0.5) is 10.8 Å². The minimum atomic E-state index is -0.620. The predicted molar refractivity (Wildman–Crippen MR) is 115 cm³/mol. The number of anilines is 2. The minimum Gasteiger partial charge on any atom is -0.454 e. The van der Waals surface area contributed by atoms with Crippen molar-refractivity contribution < 1.29 is 14.3 Å². The zero-order valence-electron chi connectivity index (χ0n) is 16.1. The second-order valence-corrected chi connectivity index (χ2v) is 7.22. The molecule has 0 saturated carbocycles. The Morgan fingerprint density at radius 1 is 1.10 bits per heavy atom. The first-order valence-electron chi connectivity index (χ1n) is 8.99. The van der Waals surface area contributed by atoms with E-state index < -0.39 is 5.97 Å². The molecule has 0 saturated heterocycles. The van der Waals surface area contributed by atoms with Gasteiger partial charge in [0.25, 0.3) is 0 Å². The number of hydrogen-bond acceptors (Lipinski definition) is 6. The maximum absolute atomic E-state index is 12.4. The van der Waals surface area contributed by atoms with Crippen LogP contribution in [0.15, 0.2) is 65.7 Å². The Morgan fingerprint density at radius 2 is 1.83 bits per heavy atom. The standard InChI is InChI=1S/C22H21N3O3S/c1-15-8-10-18(11-9-15)24-22-25-19(14-29-22)13-28-21(27)20(23-16(2)26)12-17-6-4-3-5-7-17/h3-12,14H,13H2,1-2H3,(H,23,26)(H,24,25). The van der Waals surface area contributed by atoms with Gasteiger partial charge in [-0.2, -0.15) is 0 Å². The van der Waals surface area contributed by atoms with Gasteiger partial charge in [-0.15, -0.1) is 11.3 Å². The zero-order valence-corrected chi connectivity index (χ0v) is 17.0. The normalized spacial score (nSPS) is 11.0. The van der Waals surface area contributed by atoms with Crippen LogP contribution in [-0.4, -0.2) is 16.9 Å². The van der Waals surface area contributed by atoms with Gasteiger partial charge in [-0.05, 0) is 30.7 Å². The number of amides is 1. The molecule has 1 amide bonds. The summed E-state index contributed by atoms with van der Waals surface area (Å²) in [5.41, 5.74) is 3.61. The number of rotatable bonds is 7. The van der Waals surface area contributed by atoms with Crippen molar-refractivity contribution in [3.8, 4) is 0 Å². The van der Waals surface area contributed by atoms with Crippen molar-refractivity contribution in [3.05, 3.63) is 82.5 Å². The van der Waals surface area contributed by atoms with Gasteiger partial charge < -0.3 is 15.4 Å². The first-order valence-corrected chi connectivity index (χ1v) is 9.87. The van der Waals surface area contributed by atoms with Crippen LogP contribution in [-0.2, 0) is 20.9 Å². The van der Waals surface area contributed by atoms with Crippen LogP contribution >= 0.6 is 11.3 Å². The van der Waals surface area contributed by atoms with Crippen molar-refractivity contribution in [1.82, 2.24) is 10.3 Å². The second kappa shape index (κ2) is 9.66. The highest BCUT2D eigenvalue weighted by Crippen LogP contribution is 2.21. The Labute approximate surface area is 173 Å². The molecule has 3 rings (SSSR count). The summed E-state index contributed by atoms with van der Waals surface area (Å²) < 4.78 is 5.34. The number of nitrogens with zero attached hydrogens (tertiary/aromatic N) is 1. The smallest absolute Gasteiger partial charge is 0.355 e. The fraction of sp³-hybridized carbons (Fsp3) is 0.136. The highest BCUT2D eigenvalue weighted by Gasteiger charge is 2.14. The fourth-order valence-electron chi connectivity index (χ4n) is 2.46. The van der Waals surface area contributed by atoms with Crippen LogP contribution in [0.3, 0.4) is 0 Å². The molecule has 1 heterocycles. The average molecular weight is 407 g/mol. The molecule has 0 aliphatic heterocycles. The molecule has 2 aromatic carbocycles. The monoisotopic (exact) mass is 407 g/mol. The van der Waals surface area contributed by atoms with E-state index in [4.69, 9.17) is 4.74 Å². The molecule has 148 valence electrons. The number of benzene rings is 2. The molecule has 0 bridgehead atoms. The molecule has 0 aliphatic rings. The van der Waals surface area contributed by atoms with E-state index >= 15 is 0 Å². The quantitative estimate of drug-likeness (QED) is 0.448. The van der Waals surface area contributed by atoms with Crippen molar-refractivity contribution in [2.75, 3.05) is 5.32 Å². The lowest BCUT2D eigenvalue weighted by atomic mass is 10.2. The van der Waals surface area contributed by atoms with E-state index in [-0.39, 0.29) is 18.2 Å². The molecule has 6 nitrogen and oxygen atoms in total. The van der Waals surface area contributed by atoms with Gasteiger partial charge in [0, 0.05) is 18.0 Å². The molecular weight excluding hydrogens is 386 g/mol. The summed E-state index contributed by atoms with van der Waals surface area (Å²) in [6.45, 7) is 3.38. The summed E-state index contributed by atoms with van der Waals surface area (Å²) in [4.78, 5) is 28.3. The van der Waals surface area contributed by atoms with E-state index in [2.05, 4.69) is 15.6 Å². The second-order valence-electron chi connectivity index (χ2n) is 6.36. The van der Waals surface area contributed by atoms with E-state index in [9.17, 15) is 9.59 Å². The minimum absolute atomic E-state index is 0.0105. The third kappa shape index (κ3) is 6.29. The SMILES string of the molecule is CC(=O)NC(=Cc1ccccc1)C(=O)OCc1csc(Nc2ccc(C)cc2)n1. The molecule has 29 heavy (non-hydrogen) atoms. The summed E-state index contributed by atoms with van der Waals surface area (Å²) >= 11 is 1.42. The molecule has 0 radical (unpaired) electrons. The summed E-state index contributed by atoms with van der Waals surface area (Å²) in [6.07, 6.45) is 1.58. The number of esters is 1. The molecular formula is C22H21N3O3S. The maximum Gasteiger partial charge on any atom is 0.355 e. The molecule has 0 atom stereocenters. The van der Waals surface area contributed by atoms with Crippen molar-refractivity contribution in [2.45, 2.75) is 20.5 Å². The number of carbonyl (C=O) groups excluding carboxylic acids is 2. The van der Waals surface area contributed by atoms with Gasteiger partial charge in [0.2, 0.25) is 5.91 Å². The van der Waals surface area contributed by atoms with E-state index in [0.717, 1.165) is 11.3 Å². The molecule has 7 heteroatoms. The number of hydrogen-bond donors (Lipinski definition) is 2. The Kier molecular flexibility index (Phi) is 6.76. The summed E-state index contributed by atoms with van der Waals surface area (Å²) in [7, 11) is 0. The summed E-state index contributed by atoms with van der Waals surface area (Å²) in [5, 5.41) is 8.28. The van der Waals surface area contributed by atoms with Crippen molar-refractivity contribution >= 4 is 40.1 Å². The lowest BCUT2D eigenvalue weighted by Crippen LogP contribution is -2.26. The van der Waals surface area contributed by atoms with Gasteiger partial charge in [-0.1, -0.05) is 48.0 Å². The number of aryl methyl sites for hydroxylation is 1. The van der Waals surface area contributed by atoms with Gasteiger partial charge >= 0.3 is 5.97 Å². The van der Waals surface area contributed by atoms with Gasteiger partial charge in [-0.3, -0.25) is 4.79 Å². The first kappa shape index (κ1) is 20.3. The molecule has 0 unspecified atom stereocenters. The zero-order chi connectivity index (χ0) is 20.6. The number of nitrogens with one attached hydrogen (secondary N) is 2. The summed E-state index contributed by atoms with van der Waals surface area (Å²) in [5.74, 6) is -0.965. The van der Waals surface area contributed by atoms with Crippen LogP contribution in [0.2, 0.25) is 0 Å². The fourth-order valence-corrected chi connectivity index (χ4v) is 3.18. The third-order valence-corrected chi connectivity index (χ3v) is 4.65. The van der Waals surface area contributed by atoms with Crippen LogP contribution in [0, 0.1) is 6.92 Å². The van der Waals surface area contributed by atoms with E-state index in [1.807, 2.05) is 66.9 Å². The van der Waals surface area contributed by atoms with Crippen molar-refractivity contribution in [1.29, 1.82) is 0 Å².